The van der Waals surface area contributed by atoms with E-state index in [4.69, 9.17) is 0 Å². The molecule has 0 saturated carbocycles. The van der Waals surface area contributed by atoms with Gasteiger partial charge in [-0.3, -0.25) is 4.79 Å². The number of halogens is 1. The molecule has 0 bridgehead atoms. The molecule has 0 unspecified atom stereocenters. The van der Waals surface area contributed by atoms with Gasteiger partial charge >= 0.3 is 0 Å². The Morgan fingerprint density at radius 1 is 1.55 bits per heavy atom. The highest BCUT2D eigenvalue weighted by atomic mass is 127. The predicted octanol–water partition coefficient (Wildman–Crippen LogP) is 0.856. The smallest absolute Gasteiger partial charge is 0.282 e. The van der Waals surface area contributed by atoms with Crippen LogP contribution in [-0.4, -0.2) is 15.0 Å². The van der Waals surface area contributed by atoms with Gasteiger partial charge in [0.2, 0.25) is 0 Å². The van der Waals surface area contributed by atoms with Crippen LogP contribution in [0.4, 0.5) is 0 Å². The number of nitrogens with one attached hydrogen (secondary N) is 2. The Hall–Kier alpha value is -0.850. The average Bonchev–Trinajstić information content (AvgIpc) is 2.31. The molecule has 2 heterocycles. The third kappa shape index (κ3) is 1.05. The monoisotopic (exact) mass is 261 g/mol. The highest BCUT2D eigenvalue weighted by molar-refractivity contribution is 14.1. The summed E-state index contributed by atoms with van der Waals surface area (Å²) >= 11 is 2.11. The second-order valence-corrected chi connectivity index (χ2v) is 3.28. The van der Waals surface area contributed by atoms with E-state index in [2.05, 4.69) is 37.5 Å². The Balaban J connectivity index is 3.02. The molecule has 0 fully saturated rings. The van der Waals surface area contributed by atoms with Crippen LogP contribution in [0, 0.1) is 3.70 Å². The van der Waals surface area contributed by atoms with Gasteiger partial charge in [-0.15, -0.1) is 0 Å². The van der Waals surface area contributed by atoms with Crippen molar-refractivity contribution in [3.8, 4) is 0 Å². The van der Waals surface area contributed by atoms with Crippen LogP contribution < -0.4 is 5.56 Å². The maximum atomic E-state index is 11.0. The van der Waals surface area contributed by atoms with Gasteiger partial charge in [-0.2, -0.15) is 4.98 Å². The van der Waals surface area contributed by atoms with E-state index in [1.165, 1.54) is 6.33 Å². The number of aromatic nitrogens is 3. The number of nitrogens with zero attached hydrogens (tertiary/aromatic N) is 1. The fourth-order valence-corrected chi connectivity index (χ4v) is 1.51. The summed E-state index contributed by atoms with van der Waals surface area (Å²) in [6.45, 7) is 0. The maximum absolute atomic E-state index is 11.0. The molecule has 2 aromatic heterocycles. The van der Waals surface area contributed by atoms with E-state index < -0.39 is 0 Å². The van der Waals surface area contributed by atoms with Crippen molar-refractivity contribution in [3.63, 3.8) is 0 Å². The summed E-state index contributed by atoms with van der Waals surface area (Å²) < 4.78 is 0.930. The van der Waals surface area contributed by atoms with Gasteiger partial charge in [0, 0.05) is 0 Å². The number of aromatic amines is 2. The topological polar surface area (TPSA) is 61.5 Å². The Labute approximate surface area is 75.2 Å². The molecule has 4 nitrogen and oxygen atoms in total. The molecule has 0 aliphatic heterocycles. The Bertz CT molecular complexity index is 444. The molecule has 0 saturated heterocycles. The fourth-order valence-electron chi connectivity index (χ4n) is 0.929. The van der Waals surface area contributed by atoms with Crippen molar-refractivity contribution in [2.24, 2.45) is 0 Å². The number of hydrogen-bond acceptors (Lipinski definition) is 2. The van der Waals surface area contributed by atoms with Crippen LogP contribution in [0.3, 0.4) is 0 Å². The van der Waals surface area contributed by atoms with Crippen molar-refractivity contribution in [2.75, 3.05) is 0 Å². The van der Waals surface area contributed by atoms with Crippen molar-refractivity contribution in [1.29, 1.82) is 0 Å². The van der Waals surface area contributed by atoms with Crippen LogP contribution in [0.25, 0.3) is 11.0 Å². The summed E-state index contributed by atoms with van der Waals surface area (Å²) in [5, 5.41) is 0.608. The first-order chi connectivity index (χ1) is 5.27. The molecule has 0 aromatic carbocycles. The summed E-state index contributed by atoms with van der Waals surface area (Å²) in [4.78, 5) is 20.5. The van der Waals surface area contributed by atoms with E-state index >= 15 is 0 Å². The molecule has 0 amide bonds. The molecule has 0 aliphatic rings. The zero-order valence-corrected chi connectivity index (χ0v) is 7.55. The summed E-state index contributed by atoms with van der Waals surface area (Å²) in [6.07, 6.45) is 1.39. The van der Waals surface area contributed by atoms with Crippen LogP contribution in [0.15, 0.2) is 17.2 Å². The summed E-state index contributed by atoms with van der Waals surface area (Å²) in [7, 11) is 0. The molecule has 0 aliphatic carbocycles. The number of rotatable bonds is 0. The molecule has 2 aromatic rings. The molecule has 5 heteroatoms. The largest absolute Gasteiger partial charge is 0.336 e. The van der Waals surface area contributed by atoms with Crippen LogP contribution in [-0.2, 0) is 0 Å². The van der Waals surface area contributed by atoms with Gasteiger partial charge in [-0.05, 0) is 28.7 Å². The zero-order valence-electron chi connectivity index (χ0n) is 5.39. The first-order valence-corrected chi connectivity index (χ1v) is 4.07. The normalized spacial score (nSPS) is 10.6. The van der Waals surface area contributed by atoms with Crippen molar-refractivity contribution < 1.29 is 0 Å². The molecular weight excluding hydrogens is 257 g/mol. The van der Waals surface area contributed by atoms with Gasteiger partial charge in [0.25, 0.3) is 5.56 Å². The minimum Gasteiger partial charge on any atom is -0.336 e. The highest BCUT2D eigenvalue weighted by Gasteiger charge is 2.00. The quantitative estimate of drug-likeness (QED) is 0.691. The van der Waals surface area contributed by atoms with E-state index in [0.717, 1.165) is 9.35 Å². The minimum absolute atomic E-state index is 0.196. The van der Waals surface area contributed by atoms with E-state index in [9.17, 15) is 4.79 Å². The van der Waals surface area contributed by atoms with Gasteiger partial charge in [-0.1, -0.05) is 0 Å². The lowest BCUT2D eigenvalue weighted by atomic mass is 10.4. The van der Waals surface area contributed by atoms with Crippen LogP contribution in [0.2, 0.25) is 0 Å². The van der Waals surface area contributed by atoms with Gasteiger partial charge in [0.1, 0.15) is 5.65 Å². The van der Waals surface area contributed by atoms with Gasteiger partial charge in [-0.25, -0.2) is 0 Å². The lowest BCUT2D eigenvalue weighted by Crippen LogP contribution is -2.04. The Morgan fingerprint density at radius 3 is 3.09 bits per heavy atom. The molecule has 2 N–H and O–H groups in total. The van der Waals surface area contributed by atoms with Gasteiger partial charge < -0.3 is 9.97 Å². The lowest BCUT2D eigenvalue weighted by molar-refractivity contribution is 1.16. The Morgan fingerprint density at radius 2 is 2.36 bits per heavy atom. The summed E-state index contributed by atoms with van der Waals surface area (Å²) in [5.74, 6) is 0. The molecule has 0 radical (unpaired) electrons. The average molecular weight is 261 g/mol. The molecule has 11 heavy (non-hydrogen) atoms. The first-order valence-electron chi connectivity index (χ1n) is 2.99. The molecule has 0 atom stereocenters. The third-order valence-electron chi connectivity index (χ3n) is 1.41. The molecule has 56 valence electrons. The van der Waals surface area contributed by atoms with Gasteiger partial charge in [0.05, 0.1) is 15.4 Å². The van der Waals surface area contributed by atoms with Crippen LogP contribution >= 0.6 is 22.6 Å². The number of H-pyrrole nitrogens is 2. The second-order valence-electron chi connectivity index (χ2n) is 2.11. The number of hydrogen-bond donors (Lipinski definition) is 2. The fraction of sp³-hybridized carbons (Fsp3) is 0. The van der Waals surface area contributed by atoms with Crippen molar-refractivity contribution in [3.05, 3.63) is 26.4 Å². The number of fused-ring (bicyclic) bond motifs is 1. The van der Waals surface area contributed by atoms with E-state index in [1.807, 2.05) is 0 Å². The molecular formula is C6H4IN3O. The van der Waals surface area contributed by atoms with Gasteiger partial charge in [0.15, 0.2) is 0 Å². The summed E-state index contributed by atoms with van der Waals surface area (Å²) in [6, 6.07) is 1.77. The van der Waals surface area contributed by atoms with Crippen molar-refractivity contribution >= 4 is 33.6 Å². The maximum Gasteiger partial charge on any atom is 0.282 e. The van der Waals surface area contributed by atoms with E-state index in [1.54, 1.807) is 6.07 Å². The van der Waals surface area contributed by atoms with Crippen LogP contribution in [0.5, 0.6) is 0 Å². The highest BCUT2D eigenvalue weighted by Crippen LogP contribution is 2.08. The third-order valence-corrected chi connectivity index (χ3v) is 1.99. The van der Waals surface area contributed by atoms with E-state index in [0.29, 0.717) is 5.39 Å². The SMILES string of the molecule is O=c1nc[nH]c2[nH]c(I)cc12. The van der Waals surface area contributed by atoms with E-state index in [-0.39, 0.29) is 5.56 Å². The van der Waals surface area contributed by atoms with Crippen molar-refractivity contribution in [1.82, 2.24) is 15.0 Å². The first kappa shape index (κ1) is 6.84. The predicted molar refractivity (Wildman–Crippen MR) is 49.4 cm³/mol. The Kier molecular flexibility index (Phi) is 1.45. The standard InChI is InChI=1S/C6H4IN3O/c7-4-1-3-5(10-4)8-2-9-6(3)11/h1-2H,(H2,8,9,10,11). The van der Waals surface area contributed by atoms with Crippen molar-refractivity contribution in [2.45, 2.75) is 0 Å². The lowest BCUT2D eigenvalue weighted by Gasteiger charge is -1.84. The summed E-state index contributed by atoms with van der Waals surface area (Å²) in [5.41, 5.74) is 0.535. The van der Waals surface area contributed by atoms with Crippen LogP contribution in [0.1, 0.15) is 0 Å². The molecule has 2 rings (SSSR count). The zero-order chi connectivity index (χ0) is 7.84. The minimum atomic E-state index is -0.196. The second kappa shape index (κ2) is 2.33. The molecule has 0 spiro atoms.